The highest BCUT2D eigenvalue weighted by Crippen LogP contribution is 2.16. The summed E-state index contributed by atoms with van der Waals surface area (Å²) in [6.07, 6.45) is 5.15. The summed E-state index contributed by atoms with van der Waals surface area (Å²) in [5.74, 6) is 0. The van der Waals surface area contributed by atoms with E-state index in [4.69, 9.17) is 0 Å². The summed E-state index contributed by atoms with van der Waals surface area (Å²) in [5, 5.41) is 0. The summed E-state index contributed by atoms with van der Waals surface area (Å²) in [6, 6.07) is 8.15. The van der Waals surface area contributed by atoms with Crippen LogP contribution in [0.4, 0.5) is 5.69 Å². The van der Waals surface area contributed by atoms with Gasteiger partial charge in [-0.25, -0.2) is 0 Å². The van der Waals surface area contributed by atoms with Crippen molar-refractivity contribution in [3.63, 3.8) is 0 Å². The number of aliphatic imine (C=N–C) groups is 1. The van der Waals surface area contributed by atoms with Gasteiger partial charge in [0, 0.05) is 6.21 Å². The third-order valence-electron chi connectivity index (χ3n) is 2.05. The van der Waals surface area contributed by atoms with Crippen LogP contribution in [0.1, 0.15) is 25.8 Å². The van der Waals surface area contributed by atoms with Crippen LogP contribution in [0.15, 0.2) is 40.9 Å². The van der Waals surface area contributed by atoms with Gasteiger partial charge in [-0.1, -0.05) is 31.2 Å². The summed E-state index contributed by atoms with van der Waals surface area (Å²) in [4.78, 5) is 4.43. The quantitative estimate of drug-likeness (QED) is 0.633. The molecule has 0 heterocycles. The highest BCUT2D eigenvalue weighted by molar-refractivity contribution is 5.80. The zero-order chi connectivity index (χ0) is 10.4. The number of hydrogen-bond acceptors (Lipinski definition) is 1. The van der Waals surface area contributed by atoms with Gasteiger partial charge in [0.05, 0.1) is 5.69 Å². The number of para-hydroxylation sites is 1. The lowest BCUT2D eigenvalue weighted by Gasteiger charge is -1.97. The first-order valence-corrected chi connectivity index (χ1v) is 5.00. The maximum absolute atomic E-state index is 4.43. The first kappa shape index (κ1) is 10.7. The van der Waals surface area contributed by atoms with Crippen LogP contribution in [0.25, 0.3) is 0 Å². The van der Waals surface area contributed by atoms with Crippen molar-refractivity contribution in [2.75, 3.05) is 0 Å². The van der Waals surface area contributed by atoms with Crippen molar-refractivity contribution in [2.45, 2.75) is 27.2 Å². The molecule has 1 nitrogen and oxygen atoms in total. The molecule has 0 spiro atoms. The first-order valence-electron chi connectivity index (χ1n) is 5.00. The van der Waals surface area contributed by atoms with E-state index >= 15 is 0 Å². The SMILES string of the molecule is CC/C=C(\C)C=Nc1ccccc1C. The standard InChI is InChI=1S/C13H17N/c1-4-7-11(2)10-14-13-9-6-5-8-12(13)3/h5-10H,4H2,1-3H3/b11-7+,14-10?. The Morgan fingerprint density at radius 3 is 2.71 bits per heavy atom. The third-order valence-corrected chi connectivity index (χ3v) is 2.05. The Morgan fingerprint density at radius 1 is 1.36 bits per heavy atom. The first-order chi connectivity index (χ1) is 6.74. The lowest BCUT2D eigenvalue weighted by molar-refractivity contribution is 1.21. The van der Waals surface area contributed by atoms with E-state index in [9.17, 15) is 0 Å². The van der Waals surface area contributed by atoms with E-state index in [1.54, 1.807) is 0 Å². The number of benzene rings is 1. The molecule has 0 bridgehead atoms. The second kappa shape index (κ2) is 5.38. The van der Waals surface area contributed by atoms with Gasteiger partial charge in [0.1, 0.15) is 0 Å². The van der Waals surface area contributed by atoms with E-state index < -0.39 is 0 Å². The molecule has 74 valence electrons. The maximum atomic E-state index is 4.43. The van der Waals surface area contributed by atoms with Gasteiger partial charge in [0.15, 0.2) is 0 Å². The molecule has 0 saturated heterocycles. The van der Waals surface area contributed by atoms with Gasteiger partial charge in [0.2, 0.25) is 0 Å². The van der Waals surface area contributed by atoms with Crippen molar-refractivity contribution in [1.82, 2.24) is 0 Å². The van der Waals surface area contributed by atoms with Gasteiger partial charge in [-0.15, -0.1) is 0 Å². The van der Waals surface area contributed by atoms with Gasteiger partial charge < -0.3 is 0 Å². The largest absolute Gasteiger partial charge is 0.256 e. The Balaban J connectivity index is 2.79. The Hall–Kier alpha value is -1.37. The topological polar surface area (TPSA) is 12.4 Å². The summed E-state index contributed by atoms with van der Waals surface area (Å²) < 4.78 is 0. The molecular formula is C13H17N. The molecule has 1 heteroatoms. The fourth-order valence-corrected chi connectivity index (χ4v) is 1.25. The minimum atomic E-state index is 1.05. The Bertz CT molecular complexity index is 348. The number of hydrogen-bond donors (Lipinski definition) is 0. The lowest BCUT2D eigenvalue weighted by atomic mass is 10.2. The van der Waals surface area contributed by atoms with Gasteiger partial charge in [-0.05, 0) is 37.5 Å². The summed E-state index contributed by atoms with van der Waals surface area (Å²) in [6.45, 7) is 6.28. The molecule has 1 aromatic rings. The zero-order valence-corrected chi connectivity index (χ0v) is 9.12. The van der Waals surface area contributed by atoms with Gasteiger partial charge in [0.25, 0.3) is 0 Å². The lowest BCUT2D eigenvalue weighted by Crippen LogP contribution is -1.78. The Kier molecular flexibility index (Phi) is 4.11. The number of allylic oxidation sites excluding steroid dienone is 2. The monoisotopic (exact) mass is 187 g/mol. The average Bonchev–Trinajstić information content (AvgIpc) is 2.17. The second-order valence-electron chi connectivity index (χ2n) is 3.40. The van der Waals surface area contributed by atoms with E-state index in [1.807, 2.05) is 24.4 Å². The minimum Gasteiger partial charge on any atom is -0.256 e. The molecule has 0 aromatic heterocycles. The van der Waals surface area contributed by atoms with E-state index in [-0.39, 0.29) is 0 Å². The Labute approximate surface area is 86.2 Å². The predicted molar refractivity (Wildman–Crippen MR) is 63.4 cm³/mol. The van der Waals surface area contributed by atoms with Crippen LogP contribution in [-0.2, 0) is 0 Å². The van der Waals surface area contributed by atoms with Gasteiger partial charge in [-0.3, -0.25) is 4.99 Å². The Morgan fingerprint density at radius 2 is 2.07 bits per heavy atom. The van der Waals surface area contributed by atoms with Crippen molar-refractivity contribution in [1.29, 1.82) is 0 Å². The van der Waals surface area contributed by atoms with Crippen LogP contribution < -0.4 is 0 Å². The van der Waals surface area contributed by atoms with E-state index in [1.165, 1.54) is 11.1 Å². The third kappa shape index (κ3) is 3.17. The average molecular weight is 187 g/mol. The summed E-state index contributed by atoms with van der Waals surface area (Å²) in [5.41, 5.74) is 3.49. The molecule has 1 aromatic carbocycles. The molecule has 0 unspecified atom stereocenters. The van der Waals surface area contributed by atoms with Crippen molar-refractivity contribution in [2.24, 2.45) is 4.99 Å². The van der Waals surface area contributed by atoms with Crippen LogP contribution in [0.3, 0.4) is 0 Å². The van der Waals surface area contributed by atoms with E-state index in [0.29, 0.717) is 0 Å². The number of rotatable bonds is 3. The molecule has 14 heavy (non-hydrogen) atoms. The van der Waals surface area contributed by atoms with Gasteiger partial charge in [-0.2, -0.15) is 0 Å². The van der Waals surface area contributed by atoms with E-state index in [2.05, 4.69) is 37.9 Å². The van der Waals surface area contributed by atoms with Crippen LogP contribution >= 0.6 is 0 Å². The molecule has 0 aliphatic rings. The molecule has 0 amide bonds. The number of nitrogens with zero attached hydrogens (tertiary/aromatic N) is 1. The van der Waals surface area contributed by atoms with E-state index in [0.717, 1.165) is 12.1 Å². The second-order valence-corrected chi connectivity index (χ2v) is 3.40. The predicted octanol–water partition coefficient (Wildman–Crippen LogP) is 4.05. The highest BCUT2D eigenvalue weighted by Gasteiger charge is 1.91. The molecule has 1 rings (SSSR count). The molecule has 0 aliphatic carbocycles. The van der Waals surface area contributed by atoms with Crippen molar-refractivity contribution in [3.05, 3.63) is 41.5 Å². The molecule has 0 radical (unpaired) electrons. The van der Waals surface area contributed by atoms with Crippen molar-refractivity contribution in [3.8, 4) is 0 Å². The van der Waals surface area contributed by atoms with Crippen LogP contribution in [0.5, 0.6) is 0 Å². The zero-order valence-electron chi connectivity index (χ0n) is 9.12. The molecule has 0 fully saturated rings. The normalized spacial score (nSPS) is 12.4. The highest BCUT2D eigenvalue weighted by atomic mass is 14.7. The van der Waals surface area contributed by atoms with Crippen molar-refractivity contribution >= 4 is 11.9 Å². The summed E-state index contributed by atoms with van der Waals surface area (Å²) in [7, 11) is 0. The smallest absolute Gasteiger partial charge is 0.0658 e. The molecule has 0 saturated carbocycles. The van der Waals surface area contributed by atoms with Crippen molar-refractivity contribution < 1.29 is 0 Å². The maximum Gasteiger partial charge on any atom is 0.0658 e. The molecule has 0 aliphatic heterocycles. The minimum absolute atomic E-state index is 1.05. The fourth-order valence-electron chi connectivity index (χ4n) is 1.25. The molecule has 0 atom stereocenters. The molecular weight excluding hydrogens is 170 g/mol. The molecule has 0 N–H and O–H groups in total. The number of aryl methyl sites for hydroxylation is 1. The van der Waals surface area contributed by atoms with Crippen LogP contribution in [-0.4, -0.2) is 6.21 Å². The van der Waals surface area contributed by atoms with Crippen LogP contribution in [0, 0.1) is 6.92 Å². The fraction of sp³-hybridized carbons (Fsp3) is 0.308. The summed E-state index contributed by atoms with van der Waals surface area (Å²) >= 11 is 0. The van der Waals surface area contributed by atoms with Gasteiger partial charge >= 0.3 is 0 Å². The van der Waals surface area contributed by atoms with Crippen LogP contribution in [0.2, 0.25) is 0 Å².